The normalized spacial score (nSPS) is 29.5. The molecule has 0 bridgehead atoms. The largest absolute Gasteiger partial charge is 0.150 e. The second-order valence-electron chi connectivity index (χ2n) is 5.97. The molecular formula is C15H24S. The first kappa shape index (κ1) is 12.3. The van der Waals surface area contributed by atoms with Crippen molar-refractivity contribution < 1.29 is 0 Å². The summed E-state index contributed by atoms with van der Waals surface area (Å²) in [6.45, 7) is 9.53. The predicted molar refractivity (Wildman–Crippen MR) is 75.0 cm³/mol. The molecule has 2 rings (SSSR count). The zero-order valence-corrected chi connectivity index (χ0v) is 11.9. The van der Waals surface area contributed by atoms with E-state index in [1.54, 1.807) is 16.7 Å². The molecule has 1 unspecified atom stereocenters. The van der Waals surface area contributed by atoms with Gasteiger partial charge in [0.1, 0.15) is 0 Å². The van der Waals surface area contributed by atoms with Crippen LogP contribution >= 0.6 is 11.8 Å². The molecule has 0 amide bonds. The Morgan fingerprint density at radius 3 is 2.69 bits per heavy atom. The molecule has 0 fully saturated rings. The van der Waals surface area contributed by atoms with Crippen molar-refractivity contribution in [3.05, 3.63) is 22.8 Å². The summed E-state index contributed by atoms with van der Waals surface area (Å²) in [5.74, 6) is 1.23. The molecule has 0 aromatic rings. The van der Waals surface area contributed by atoms with Crippen LogP contribution in [-0.4, -0.2) is 11.0 Å². The van der Waals surface area contributed by atoms with Crippen molar-refractivity contribution in [3.63, 3.8) is 0 Å². The predicted octanol–water partition coefficient (Wildman–Crippen LogP) is 4.96. The van der Waals surface area contributed by atoms with Gasteiger partial charge in [0.15, 0.2) is 0 Å². The molecule has 16 heavy (non-hydrogen) atoms. The van der Waals surface area contributed by atoms with Crippen molar-refractivity contribution in [1.82, 2.24) is 0 Å². The minimum Gasteiger partial charge on any atom is -0.150 e. The first-order valence-electron chi connectivity index (χ1n) is 6.48. The van der Waals surface area contributed by atoms with Crippen LogP contribution in [0.4, 0.5) is 0 Å². The Balaban J connectivity index is 2.15. The molecule has 1 atom stereocenters. The van der Waals surface area contributed by atoms with Crippen LogP contribution in [0, 0.1) is 5.41 Å². The lowest BCUT2D eigenvalue weighted by Crippen LogP contribution is -2.23. The third kappa shape index (κ3) is 2.40. The van der Waals surface area contributed by atoms with Crippen molar-refractivity contribution in [2.24, 2.45) is 5.41 Å². The molecule has 0 spiro atoms. The number of allylic oxidation sites excluding steroid dienone is 2. The Labute approximate surface area is 105 Å². The SMILES string of the molecule is CC1=CCSC1CC1=C(C)CCCC1(C)C. The Morgan fingerprint density at radius 1 is 1.38 bits per heavy atom. The van der Waals surface area contributed by atoms with Crippen molar-refractivity contribution >= 4 is 11.8 Å². The van der Waals surface area contributed by atoms with E-state index in [0.717, 1.165) is 5.25 Å². The lowest BCUT2D eigenvalue weighted by Gasteiger charge is -2.36. The summed E-state index contributed by atoms with van der Waals surface area (Å²) >= 11 is 2.12. The minimum atomic E-state index is 0.450. The van der Waals surface area contributed by atoms with Crippen molar-refractivity contribution in [3.8, 4) is 0 Å². The summed E-state index contributed by atoms with van der Waals surface area (Å²) in [4.78, 5) is 0. The van der Waals surface area contributed by atoms with Gasteiger partial charge < -0.3 is 0 Å². The van der Waals surface area contributed by atoms with Crippen LogP contribution in [0.5, 0.6) is 0 Å². The highest BCUT2D eigenvalue weighted by atomic mass is 32.2. The van der Waals surface area contributed by atoms with E-state index in [1.807, 2.05) is 0 Å². The molecule has 1 aliphatic heterocycles. The first-order chi connectivity index (χ1) is 7.50. The molecular weight excluding hydrogens is 212 g/mol. The molecule has 2 aliphatic rings. The van der Waals surface area contributed by atoms with E-state index >= 15 is 0 Å². The Bertz CT molecular complexity index is 333. The molecule has 0 saturated heterocycles. The molecule has 90 valence electrons. The molecule has 1 aliphatic carbocycles. The van der Waals surface area contributed by atoms with Gasteiger partial charge in [0, 0.05) is 11.0 Å². The van der Waals surface area contributed by atoms with Crippen LogP contribution in [0.1, 0.15) is 53.4 Å². The second-order valence-corrected chi connectivity index (χ2v) is 7.21. The summed E-state index contributed by atoms with van der Waals surface area (Å²) in [7, 11) is 0. The van der Waals surface area contributed by atoms with E-state index in [1.165, 1.54) is 31.4 Å². The standard InChI is InChI=1S/C15H24S/c1-11-6-5-8-15(3,4)13(11)10-14-12(2)7-9-16-14/h7,14H,5-6,8-10H2,1-4H3. The van der Waals surface area contributed by atoms with Gasteiger partial charge in [-0.05, 0) is 44.9 Å². The average molecular weight is 236 g/mol. The molecule has 0 N–H and O–H groups in total. The molecule has 1 heterocycles. The van der Waals surface area contributed by atoms with Gasteiger partial charge in [-0.2, -0.15) is 0 Å². The van der Waals surface area contributed by atoms with Gasteiger partial charge in [-0.3, -0.25) is 0 Å². The lowest BCUT2D eigenvalue weighted by molar-refractivity contribution is 0.355. The summed E-state index contributed by atoms with van der Waals surface area (Å²) in [5, 5.41) is 0.766. The maximum atomic E-state index is 2.43. The number of hydrogen-bond donors (Lipinski definition) is 0. The Kier molecular flexibility index (Phi) is 3.53. The maximum Gasteiger partial charge on any atom is 0.0294 e. The maximum absolute atomic E-state index is 2.43. The van der Waals surface area contributed by atoms with Gasteiger partial charge in [0.2, 0.25) is 0 Å². The smallest absolute Gasteiger partial charge is 0.0294 e. The summed E-state index contributed by atoms with van der Waals surface area (Å²) < 4.78 is 0. The molecule has 0 aromatic heterocycles. The summed E-state index contributed by atoms with van der Waals surface area (Å²) in [5.41, 5.74) is 5.49. The molecule has 0 radical (unpaired) electrons. The Morgan fingerprint density at radius 2 is 2.12 bits per heavy atom. The fraction of sp³-hybridized carbons (Fsp3) is 0.733. The zero-order valence-electron chi connectivity index (χ0n) is 11.1. The minimum absolute atomic E-state index is 0.450. The van der Waals surface area contributed by atoms with Gasteiger partial charge in [-0.15, -0.1) is 11.8 Å². The highest BCUT2D eigenvalue weighted by Crippen LogP contribution is 2.45. The third-order valence-electron chi connectivity index (χ3n) is 4.29. The number of hydrogen-bond acceptors (Lipinski definition) is 1. The number of rotatable bonds is 2. The monoisotopic (exact) mass is 236 g/mol. The summed E-state index contributed by atoms with van der Waals surface area (Å²) in [6.07, 6.45) is 7.79. The van der Waals surface area contributed by atoms with Gasteiger partial charge in [-0.25, -0.2) is 0 Å². The van der Waals surface area contributed by atoms with Crippen LogP contribution < -0.4 is 0 Å². The van der Waals surface area contributed by atoms with Crippen LogP contribution in [0.15, 0.2) is 22.8 Å². The van der Waals surface area contributed by atoms with E-state index in [2.05, 4.69) is 45.5 Å². The van der Waals surface area contributed by atoms with Crippen LogP contribution in [0.3, 0.4) is 0 Å². The van der Waals surface area contributed by atoms with E-state index in [-0.39, 0.29) is 0 Å². The van der Waals surface area contributed by atoms with E-state index in [0.29, 0.717) is 5.41 Å². The molecule has 1 heteroatoms. The van der Waals surface area contributed by atoms with Crippen molar-refractivity contribution in [1.29, 1.82) is 0 Å². The second kappa shape index (κ2) is 4.60. The lowest BCUT2D eigenvalue weighted by atomic mass is 9.71. The third-order valence-corrected chi connectivity index (χ3v) is 5.59. The van der Waals surface area contributed by atoms with Crippen molar-refractivity contribution in [2.45, 2.75) is 58.6 Å². The topological polar surface area (TPSA) is 0 Å². The average Bonchev–Trinajstić information content (AvgIpc) is 2.58. The summed E-state index contributed by atoms with van der Waals surface area (Å²) in [6, 6.07) is 0. The Hall–Kier alpha value is -0.170. The molecule has 0 nitrogen and oxygen atoms in total. The number of thioether (sulfide) groups is 1. The van der Waals surface area contributed by atoms with Gasteiger partial charge in [0.05, 0.1) is 0 Å². The van der Waals surface area contributed by atoms with E-state index in [4.69, 9.17) is 0 Å². The fourth-order valence-corrected chi connectivity index (χ4v) is 4.32. The molecule has 0 aromatic carbocycles. The van der Waals surface area contributed by atoms with Gasteiger partial charge in [-0.1, -0.05) is 36.6 Å². The van der Waals surface area contributed by atoms with E-state index in [9.17, 15) is 0 Å². The highest BCUT2D eigenvalue weighted by molar-refractivity contribution is 8.00. The zero-order chi connectivity index (χ0) is 11.8. The first-order valence-corrected chi connectivity index (χ1v) is 7.53. The van der Waals surface area contributed by atoms with Gasteiger partial charge in [0.25, 0.3) is 0 Å². The quantitative estimate of drug-likeness (QED) is 0.610. The fourth-order valence-electron chi connectivity index (χ4n) is 3.09. The highest BCUT2D eigenvalue weighted by Gasteiger charge is 2.31. The van der Waals surface area contributed by atoms with Crippen LogP contribution in [0.2, 0.25) is 0 Å². The van der Waals surface area contributed by atoms with Crippen molar-refractivity contribution in [2.75, 3.05) is 5.75 Å². The van der Waals surface area contributed by atoms with Crippen LogP contribution in [0.25, 0.3) is 0 Å². The van der Waals surface area contributed by atoms with Gasteiger partial charge >= 0.3 is 0 Å². The van der Waals surface area contributed by atoms with E-state index < -0.39 is 0 Å². The van der Waals surface area contributed by atoms with Crippen LogP contribution in [-0.2, 0) is 0 Å². The molecule has 0 saturated carbocycles.